The lowest BCUT2D eigenvalue weighted by Gasteiger charge is -2.22. The summed E-state index contributed by atoms with van der Waals surface area (Å²) >= 11 is 0. The van der Waals surface area contributed by atoms with Crippen LogP contribution in [0.2, 0.25) is 0 Å². The molecule has 1 heterocycles. The molecule has 0 saturated carbocycles. The van der Waals surface area contributed by atoms with Crippen molar-refractivity contribution in [2.24, 2.45) is 5.92 Å². The van der Waals surface area contributed by atoms with Crippen molar-refractivity contribution in [3.63, 3.8) is 0 Å². The van der Waals surface area contributed by atoms with Crippen molar-refractivity contribution in [1.29, 1.82) is 0 Å². The standard InChI is InChI=1S/C20H32N2O/c1-20(2,3)18-9-6-16(7-10-18)8-11-19(23)22-14-12-17-5-4-13-21-15-17/h6-7,9-10,17,21H,4-5,8,11-15H2,1-3H3,(H,22,23). The van der Waals surface area contributed by atoms with Crippen LogP contribution >= 0.6 is 0 Å². The maximum Gasteiger partial charge on any atom is 0.220 e. The van der Waals surface area contributed by atoms with Gasteiger partial charge in [0, 0.05) is 13.0 Å². The van der Waals surface area contributed by atoms with Gasteiger partial charge in [0.05, 0.1) is 0 Å². The summed E-state index contributed by atoms with van der Waals surface area (Å²) in [6.07, 6.45) is 5.06. The first-order valence-corrected chi connectivity index (χ1v) is 9.02. The smallest absolute Gasteiger partial charge is 0.220 e. The van der Waals surface area contributed by atoms with Gasteiger partial charge in [0.15, 0.2) is 0 Å². The highest BCUT2D eigenvalue weighted by atomic mass is 16.1. The molecule has 1 saturated heterocycles. The van der Waals surface area contributed by atoms with E-state index >= 15 is 0 Å². The molecule has 1 aromatic carbocycles. The van der Waals surface area contributed by atoms with Crippen molar-refractivity contribution in [2.45, 2.75) is 58.3 Å². The normalized spacial score (nSPS) is 18.7. The average Bonchev–Trinajstić information content (AvgIpc) is 2.53. The summed E-state index contributed by atoms with van der Waals surface area (Å²) in [4.78, 5) is 12.0. The molecule has 1 aromatic rings. The maximum absolute atomic E-state index is 12.0. The molecule has 128 valence electrons. The highest BCUT2D eigenvalue weighted by Gasteiger charge is 2.14. The lowest BCUT2D eigenvalue weighted by atomic mass is 9.86. The first-order chi connectivity index (χ1) is 10.9. The van der Waals surface area contributed by atoms with Crippen molar-refractivity contribution in [2.75, 3.05) is 19.6 Å². The highest BCUT2D eigenvalue weighted by molar-refractivity contribution is 5.76. The minimum absolute atomic E-state index is 0.175. The van der Waals surface area contributed by atoms with Gasteiger partial charge in [-0.1, -0.05) is 45.0 Å². The summed E-state index contributed by atoms with van der Waals surface area (Å²) in [6.45, 7) is 9.73. The Hall–Kier alpha value is -1.35. The van der Waals surface area contributed by atoms with E-state index < -0.39 is 0 Å². The van der Waals surface area contributed by atoms with Crippen LogP contribution in [0, 0.1) is 5.92 Å². The van der Waals surface area contributed by atoms with E-state index in [0.29, 0.717) is 6.42 Å². The van der Waals surface area contributed by atoms with E-state index in [2.05, 4.69) is 55.7 Å². The van der Waals surface area contributed by atoms with Gasteiger partial charge < -0.3 is 10.6 Å². The molecule has 3 nitrogen and oxygen atoms in total. The predicted octanol–water partition coefficient (Wildman–Crippen LogP) is 3.42. The van der Waals surface area contributed by atoms with Crippen LogP contribution in [0.4, 0.5) is 0 Å². The molecule has 1 aliphatic rings. The minimum Gasteiger partial charge on any atom is -0.356 e. The largest absolute Gasteiger partial charge is 0.356 e. The molecule has 1 fully saturated rings. The second kappa shape index (κ2) is 8.49. The molecular weight excluding hydrogens is 284 g/mol. The van der Waals surface area contributed by atoms with Crippen molar-refractivity contribution < 1.29 is 4.79 Å². The molecule has 0 spiro atoms. The van der Waals surface area contributed by atoms with Crippen molar-refractivity contribution >= 4 is 5.91 Å². The summed E-state index contributed by atoms with van der Waals surface area (Å²) in [5, 5.41) is 6.49. The van der Waals surface area contributed by atoms with Crippen LogP contribution < -0.4 is 10.6 Å². The Morgan fingerprint density at radius 3 is 2.61 bits per heavy atom. The number of nitrogens with one attached hydrogen (secondary N) is 2. The number of carbonyl (C=O) groups is 1. The lowest BCUT2D eigenvalue weighted by Crippen LogP contribution is -2.33. The molecular formula is C20H32N2O. The third-order valence-electron chi connectivity index (χ3n) is 4.73. The first kappa shape index (κ1) is 18.0. The minimum atomic E-state index is 0.175. The van der Waals surface area contributed by atoms with Crippen molar-refractivity contribution in [1.82, 2.24) is 10.6 Å². The monoisotopic (exact) mass is 316 g/mol. The fraction of sp³-hybridized carbons (Fsp3) is 0.650. The molecule has 1 unspecified atom stereocenters. The van der Waals surface area contributed by atoms with E-state index in [1.165, 1.54) is 24.0 Å². The van der Waals surface area contributed by atoms with Crippen LogP contribution in [-0.2, 0) is 16.6 Å². The van der Waals surface area contributed by atoms with Crippen LogP contribution in [-0.4, -0.2) is 25.5 Å². The molecule has 0 bridgehead atoms. The van der Waals surface area contributed by atoms with Gasteiger partial charge in [-0.05, 0) is 61.2 Å². The molecule has 3 heteroatoms. The van der Waals surface area contributed by atoms with E-state index in [1.807, 2.05) is 0 Å². The Balaban J connectivity index is 1.65. The number of benzene rings is 1. The van der Waals surface area contributed by atoms with Crippen LogP contribution in [0.1, 0.15) is 57.6 Å². The Kier molecular flexibility index (Phi) is 6.64. The number of hydrogen-bond donors (Lipinski definition) is 2. The van der Waals surface area contributed by atoms with Gasteiger partial charge in [-0.3, -0.25) is 4.79 Å². The third kappa shape index (κ3) is 6.34. The molecule has 23 heavy (non-hydrogen) atoms. The molecule has 0 radical (unpaired) electrons. The Morgan fingerprint density at radius 2 is 2.00 bits per heavy atom. The van der Waals surface area contributed by atoms with Gasteiger partial charge in [-0.15, -0.1) is 0 Å². The number of hydrogen-bond acceptors (Lipinski definition) is 2. The van der Waals surface area contributed by atoms with Crippen LogP contribution in [0.5, 0.6) is 0 Å². The van der Waals surface area contributed by atoms with Gasteiger partial charge in [-0.25, -0.2) is 0 Å². The zero-order valence-corrected chi connectivity index (χ0v) is 15.0. The lowest BCUT2D eigenvalue weighted by molar-refractivity contribution is -0.121. The molecule has 1 aliphatic heterocycles. The number of amides is 1. The van der Waals surface area contributed by atoms with Gasteiger partial charge in [0.1, 0.15) is 0 Å². The SMILES string of the molecule is CC(C)(C)c1ccc(CCC(=O)NCCC2CCCNC2)cc1. The molecule has 1 atom stereocenters. The molecule has 2 N–H and O–H groups in total. The van der Waals surface area contributed by atoms with E-state index in [0.717, 1.165) is 38.4 Å². The number of aryl methyl sites for hydroxylation is 1. The van der Waals surface area contributed by atoms with E-state index in [9.17, 15) is 4.79 Å². The summed E-state index contributed by atoms with van der Waals surface area (Å²) in [5.41, 5.74) is 2.76. The highest BCUT2D eigenvalue weighted by Crippen LogP contribution is 2.22. The third-order valence-corrected chi connectivity index (χ3v) is 4.73. The van der Waals surface area contributed by atoms with E-state index in [-0.39, 0.29) is 11.3 Å². The van der Waals surface area contributed by atoms with Crippen LogP contribution in [0.25, 0.3) is 0 Å². The summed E-state index contributed by atoms with van der Waals surface area (Å²) in [6, 6.07) is 8.68. The van der Waals surface area contributed by atoms with Gasteiger partial charge >= 0.3 is 0 Å². The first-order valence-electron chi connectivity index (χ1n) is 9.02. The fourth-order valence-corrected chi connectivity index (χ4v) is 3.10. The number of piperidine rings is 1. The predicted molar refractivity (Wildman–Crippen MR) is 96.7 cm³/mol. The summed E-state index contributed by atoms with van der Waals surface area (Å²) in [7, 11) is 0. The van der Waals surface area contributed by atoms with Crippen LogP contribution in [0.3, 0.4) is 0 Å². The van der Waals surface area contributed by atoms with Crippen LogP contribution in [0.15, 0.2) is 24.3 Å². The summed E-state index contributed by atoms with van der Waals surface area (Å²) < 4.78 is 0. The molecule has 2 rings (SSSR count). The second-order valence-electron chi connectivity index (χ2n) is 7.80. The van der Waals surface area contributed by atoms with Crippen molar-refractivity contribution in [3.8, 4) is 0 Å². The van der Waals surface area contributed by atoms with E-state index in [1.54, 1.807) is 0 Å². The van der Waals surface area contributed by atoms with Gasteiger partial charge in [-0.2, -0.15) is 0 Å². The molecule has 1 amide bonds. The number of rotatable bonds is 6. The van der Waals surface area contributed by atoms with E-state index in [4.69, 9.17) is 0 Å². The summed E-state index contributed by atoms with van der Waals surface area (Å²) in [5.74, 6) is 0.905. The van der Waals surface area contributed by atoms with Gasteiger partial charge in [0.2, 0.25) is 5.91 Å². The molecule has 0 aromatic heterocycles. The Bertz CT molecular complexity index is 481. The quantitative estimate of drug-likeness (QED) is 0.844. The maximum atomic E-state index is 12.0. The number of carbonyl (C=O) groups excluding carboxylic acids is 1. The fourth-order valence-electron chi connectivity index (χ4n) is 3.10. The Labute approximate surface area is 141 Å². The zero-order chi connectivity index (χ0) is 16.7. The van der Waals surface area contributed by atoms with Crippen molar-refractivity contribution in [3.05, 3.63) is 35.4 Å². The Morgan fingerprint density at radius 1 is 1.26 bits per heavy atom. The topological polar surface area (TPSA) is 41.1 Å². The molecule has 0 aliphatic carbocycles. The second-order valence-corrected chi connectivity index (χ2v) is 7.80. The average molecular weight is 316 g/mol. The zero-order valence-electron chi connectivity index (χ0n) is 15.0. The van der Waals surface area contributed by atoms with Gasteiger partial charge in [0.25, 0.3) is 0 Å².